The van der Waals surface area contributed by atoms with Gasteiger partial charge in [-0.3, -0.25) is 19.2 Å². The number of esters is 1. The minimum Gasteiger partial charge on any atom is -0.427 e. The molecule has 0 aliphatic carbocycles. The van der Waals surface area contributed by atoms with Crippen molar-refractivity contribution in [3.05, 3.63) is 130 Å². The Bertz CT molecular complexity index is 1850. The van der Waals surface area contributed by atoms with Crippen LogP contribution in [-0.4, -0.2) is 35.5 Å². The van der Waals surface area contributed by atoms with Crippen LogP contribution in [0.5, 0.6) is 5.75 Å². The number of fused-ring (bicyclic) bond motifs is 6. The van der Waals surface area contributed by atoms with Crippen LogP contribution >= 0.6 is 11.6 Å². The summed E-state index contributed by atoms with van der Waals surface area (Å²) in [5.74, 6) is -2.27. The smallest absolute Gasteiger partial charge is 0.308 e. The van der Waals surface area contributed by atoms with E-state index in [1.165, 1.54) is 6.92 Å². The molecule has 1 saturated heterocycles. The summed E-state index contributed by atoms with van der Waals surface area (Å²) in [6, 6.07) is 26.1. The van der Waals surface area contributed by atoms with Gasteiger partial charge in [0.2, 0.25) is 5.91 Å². The van der Waals surface area contributed by atoms with Crippen molar-refractivity contribution in [2.45, 2.75) is 24.4 Å². The Labute approximate surface area is 252 Å². The first-order valence-electron chi connectivity index (χ1n) is 13.9. The molecular weight excluding hydrogens is 564 g/mol. The van der Waals surface area contributed by atoms with Gasteiger partial charge in [0.15, 0.2) is 11.6 Å². The van der Waals surface area contributed by atoms with Crippen molar-refractivity contribution < 1.29 is 23.9 Å². The fraction of sp³-hybridized carbons (Fsp3) is 0.143. The van der Waals surface area contributed by atoms with Crippen LogP contribution in [0.15, 0.2) is 103 Å². The number of rotatable bonds is 5. The molecule has 7 rings (SSSR count). The molecule has 4 atom stereocenters. The second-order valence-corrected chi connectivity index (χ2v) is 11.4. The molecule has 0 radical (unpaired) electrons. The number of carbonyl (C=O) groups excluding carboxylic acids is 4. The lowest BCUT2D eigenvalue weighted by Gasteiger charge is -2.37. The average Bonchev–Trinajstić information content (AvgIpc) is 3.49. The van der Waals surface area contributed by atoms with Gasteiger partial charge in [0.25, 0.3) is 0 Å². The van der Waals surface area contributed by atoms with Crippen molar-refractivity contribution in [3.8, 4) is 5.75 Å². The number of carbonyl (C=O) groups is 4. The molecule has 0 aromatic heterocycles. The van der Waals surface area contributed by atoms with E-state index >= 15 is 0 Å². The third kappa shape index (κ3) is 4.03. The summed E-state index contributed by atoms with van der Waals surface area (Å²) in [4.78, 5) is 57.3. The quantitative estimate of drug-likeness (QED) is 0.171. The molecule has 7 nitrogen and oxygen atoms in total. The van der Waals surface area contributed by atoms with Gasteiger partial charge in [-0.05, 0) is 71.8 Å². The van der Waals surface area contributed by atoms with Gasteiger partial charge >= 0.3 is 5.97 Å². The van der Waals surface area contributed by atoms with E-state index in [1.54, 1.807) is 48.5 Å². The normalized spacial score (nSPS) is 22.9. The highest BCUT2D eigenvalue weighted by molar-refractivity contribution is 6.30. The summed E-state index contributed by atoms with van der Waals surface area (Å²) in [6.45, 7) is 1.30. The van der Waals surface area contributed by atoms with E-state index in [0.717, 1.165) is 11.3 Å². The predicted octanol–water partition coefficient (Wildman–Crippen LogP) is 6.12. The minimum atomic E-state index is -1.41. The molecule has 43 heavy (non-hydrogen) atoms. The number of para-hydroxylation sites is 2. The zero-order valence-electron chi connectivity index (χ0n) is 23.0. The Kier molecular flexibility index (Phi) is 6.29. The molecule has 3 aliphatic rings. The molecule has 0 saturated carbocycles. The van der Waals surface area contributed by atoms with Crippen LogP contribution in [0.3, 0.4) is 0 Å². The zero-order chi connectivity index (χ0) is 29.9. The largest absolute Gasteiger partial charge is 0.427 e. The number of anilines is 2. The Balaban J connectivity index is 1.48. The van der Waals surface area contributed by atoms with Crippen molar-refractivity contribution in [2.24, 2.45) is 5.92 Å². The van der Waals surface area contributed by atoms with E-state index in [4.69, 9.17) is 16.3 Å². The van der Waals surface area contributed by atoms with Gasteiger partial charge in [-0.15, -0.1) is 0 Å². The molecule has 1 amide bonds. The van der Waals surface area contributed by atoms with Gasteiger partial charge in [-0.2, -0.15) is 0 Å². The summed E-state index contributed by atoms with van der Waals surface area (Å²) >= 11 is 6.17. The zero-order valence-corrected chi connectivity index (χ0v) is 23.7. The van der Waals surface area contributed by atoms with Crippen molar-refractivity contribution >= 4 is 52.5 Å². The number of nitrogens with zero attached hydrogens (tertiary/aromatic N) is 1. The van der Waals surface area contributed by atoms with E-state index in [1.807, 2.05) is 65.6 Å². The highest BCUT2D eigenvalue weighted by Gasteiger charge is 2.70. The number of ether oxygens (including phenoxy) is 1. The number of amides is 1. The molecule has 8 heteroatoms. The maximum Gasteiger partial charge on any atom is 0.308 e. The van der Waals surface area contributed by atoms with Crippen LogP contribution in [0, 0.1) is 5.92 Å². The van der Waals surface area contributed by atoms with Gasteiger partial charge in [0.05, 0.1) is 12.0 Å². The second-order valence-electron chi connectivity index (χ2n) is 10.9. The Hall–Kier alpha value is -5.01. The van der Waals surface area contributed by atoms with Crippen molar-refractivity contribution in [2.75, 3.05) is 10.2 Å². The van der Waals surface area contributed by atoms with Crippen molar-refractivity contribution in [3.63, 3.8) is 0 Å². The first-order valence-corrected chi connectivity index (χ1v) is 14.3. The second kappa shape index (κ2) is 10.1. The first kappa shape index (κ1) is 26.9. The van der Waals surface area contributed by atoms with Crippen LogP contribution in [0.25, 0.3) is 6.08 Å². The first-order chi connectivity index (χ1) is 20.8. The van der Waals surface area contributed by atoms with Crippen LogP contribution in [0.1, 0.15) is 38.8 Å². The highest BCUT2D eigenvalue weighted by atomic mass is 35.5. The number of hydrogen-bond acceptors (Lipinski definition) is 6. The van der Waals surface area contributed by atoms with E-state index in [-0.39, 0.29) is 17.5 Å². The monoisotopic (exact) mass is 588 g/mol. The van der Waals surface area contributed by atoms with E-state index in [2.05, 4.69) is 5.32 Å². The molecule has 4 aromatic rings. The number of halogens is 1. The molecule has 1 spiro atoms. The Morgan fingerprint density at radius 1 is 0.837 bits per heavy atom. The van der Waals surface area contributed by atoms with Crippen LogP contribution in [0.2, 0.25) is 5.02 Å². The topological polar surface area (TPSA) is 92.8 Å². The summed E-state index contributed by atoms with van der Waals surface area (Å²) in [5.41, 5.74) is 2.20. The van der Waals surface area contributed by atoms with Crippen LogP contribution in [-0.2, 0) is 15.0 Å². The summed E-state index contributed by atoms with van der Waals surface area (Å²) in [7, 11) is 0. The SMILES string of the molecule is CC(=O)Oc1ccc(C(=O)[C@@H]2[C@H](C(=O)c3ccc(Cl)cc3)[C@@]3(C(=O)Nc4ccccc43)[C@H]3C=Cc4ccccc4N23)cc1. The average molecular weight is 589 g/mol. The van der Waals surface area contributed by atoms with E-state index in [9.17, 15) is 19.2 Å². The lowest BCUT2D eigenvalue weighted by Crippen LogP contribution is -2.51. The molecule has 3 heterocycles. The van der Waals surface area contributed by atoms with Crippen LogP contribution in [0.4, 0.5) is 11.4 Å². The number of ketones is 2. The summed E-state index contributed by atoms with van der Waals surface area (Å²) in [5, 5.41) is 3.49. The summed E-state index contributed by atoms with van der Waals surface area (Å²) in [6.07, 6.45) is 3.89. The lowest BCUT2D eigenvalue weighted by molar-refractivity contribution is -0.131. The molecule has 0 bridgehead atoms. The molecule has 0 unspecified atom stereocenters. The molecule has 3 aliphatic heterocycles. The minimum absolute atomic E-state index is 0.300. The molecular formula is C35H25ClN2O5. The number of benzene rings is 4. The van der Waals surface area contributed by atoms with Crippen LogP contribution < -0.4 is 15.0 Å². The third-order valence-corrected chi connectivity index (χ3v) is 8.87. The Morgan fingerprint density at radius 3 is 2.23 bits per heavy atom. The van der Waals surface area contributed by atoms with E-state index < -0.39 is 29.4 Å². The molecule has 212 valence electrons. The summed E-state index contributed by atoms with van der Waals surface area (Å²) < 4.78 is 5.18. The number of Topliss-reactive ketones (excluding diaryl/α,β-unsaturated/α-hetero) is 2. The third-order valence-electron chi connectivity index (χ3n) is 8.62. The van der Waals surface area contributed by atoms with Crippen molar-refractivity contribution in [1.29, 1.82) is 0 Å². The standard InChI is InChI=1S/C35H25ClN2O5/c1-20(39)43-25-17-12-23(13-18-25)33(41)31-30(32(40)22-10-15-24(36)16-11-22)35(26-7-3-4-8-27(26)37-34(35)42)29-19-14-21-6-2-5-9-28(21)38(29)31/h2-19,29-31H,1H3,(H,37,42)/t29-,30-,31+,35+/m1/s1. The number of nitrogens with one attached hydrogen (secondary N) is 1. The Morgan fingerprint density at radius 2 is 1.49 bits per heavy atom. The van der Waals surface area contributed by atoms with Gasteiger partial charge in [-0.1, -0.05) is 60.2 Å². The van der Waals surface area contributed by atoms with Gasteiger partial charge < -0.3 is 15.0 Å². The fourth-order valence-electron chi connectivity index (χ4n) is 6.94. The number of hydrogen-bond donors (Lipinski definition) is 1. The highest BCUT2D eigenvalue weighted by Crippen LogP contribution is 2.58. The fourth-order valence-corrected chi connectivity index (χ4v) is 7.06. The lowest BCUT2D eigenvalue weighted by atomic mass is 9.64. The van der Waals surface area contributed by atoms with E-state index in [0.29, 0.717) is 33.1 Å². The van der Waals surface area contributed by atoms with Gasteiger partial charge in [0, 0.05) is 34.4 Å². The molecule has 1 N–H and O–H groups in total. The molecule has 1 fully saturated rings. The van der Waals surface area contributed by atoms with Crippen molar-refractivity contribution in [1.82, 2.24) is 0 Å². The van der Waals surface area contributed by atoms with Gasteiger partial charge in [-0.25, -0.2) is 0 Å². The van der Waals surface area contributed by atoms with Gasteiger partial charge in [0.1, 0.15) is 17.2 Å². The predicted molar refractivity (Wildman–Crippen MR) is 164 cm³/mol. The molecule has 4 aromatic carbocycles. The maximum absolute atomic E-state index is 14.8. The maximum atomic E-state index is 14.8.